The third-order valence-corrected chi connectivity index (χ3v) is 6.24. The molecule has 29 heavy (non-hydrogen) atoms. The quantitative estimate of drug-likeness (QED) is 0.342. The summed E-state index contributed by atoms with van der Waals surface area (Å²) in [7, 11) is 0. The fraction of sp³-hybridized carbons (Fsp3) is 0.200. The van der Waals surface area contributed by atoms with Gasteiger partial charge in [-0.25, -0.2) is 4.98 Å². The van der Waals surface area contributed by atoms with Crippen LogP contribution in [0.1, 0.15) is 10.6 Å². The van der Waals surface area contributed by atoms with E-state index < -0.39 is 0 Å². The largest absolute Gasteiger partial charge is 0.453 e. The third kappa shape index (κ3) is 4.10. The highest BCUT2D eigenvalue weighted by molar-refractivity contribution is 7.99. The third-order valence-electron chi connectivity index (χ3n) is 4.28. The summed E-state index contributed by atoms with van der Waals surface area (Å²) in [6.45, 7) is 8.23. The van der Waals surface area contributed by atoms with Crippen molar-refractivity contribution < 1.29 is 9.21 Å². The number of carbonyl (C=O) groups excluding carboxylic acids is 1. The zero-order valence-corrected chi connectivity index (χ0v) is 17.6. The first kappa shape index (κ1) is 19.4. The molecule has 0 fully saturated rings. The van der Waals surface area contributed by atoms with Crippen LogP contribution in [0.5, 0.6) is 0 Å². The van der Waals surface area contributed by atoms with Gasteiger partial charge < -0.3 is 9.73 Å². The molecular formula is C20H19N5O2S2. The van der Waals surface area contributed by atoms with Crippen LogP contribution in [0.4, 0.5) is 5.13 Å². The number of thioether (sulfide) groups is 1. The number of allylic oxidation sites excluding steroid dienone is 1. The molecule has 0 aliphatic heterocycles. The Labute approximate surface area is 175 Å². The number of amides is 1. The second kappa shape index (κ2) is 8.22. The van der Waals surface area contributed by atoms with Crippen molar-refractivity contribution in [3.8, 4) is 11.6 Å². The summed E-state index contributed by atoms with van der Waals surface area (Å²) in [4.78, 5) is 17.7. The molecule has 1 N–H and O–H groups in total. The molecule has 7 nitrogen and oxygen atoms in total. The van der Waals surface area contributed by atoms with E-state index in [1.54, 1.807) is 6.08 Å². The molecular weight excluding hydrogens is 406 g/mol. The molecule has 148 valence electrons. The maximum atomic E-state index is 12.3. The molecule has 0 aliphatic rings. The van der Waals surface area contributed by atoms with Gasteiger partial charge in [-0.2, -0.15) is 0 Å². The molecule has 1 aromatic carbocycles. The average Bonchev–Trinajstić information content (AvgIpc) is 3.37. The lowest BCUT2D eigenvalue weighted by atomic mass is 10.2. The van der Waals surface area contributed by atoms with Crippen molar-refractivity contribution in [2.45, 2.75) is 25.5 Å². The summed E-state index contributed by atoms with van der Waals surface area (Å²) in [6, 6.07) is 9.72. The Hall–Kier alpha value is -2.91. The van der Waals surface area contributed by atoms with Crippen LogP contribution in [-0.2, 0) is 11.3 Å². The van der Waals surface area contributed by atoms with Crippen molar-refractivity contribution in [1.29, 1.82) is 0 Å². The lowest BCUT2D eigenvalue weighted by Gasteiger charge is -2.06. The van der Waals surface area contributed by atoms with E-state index >= 15 is 0 Å². The van der Waals surface area contributed by atoms with Crippen LogP contribution in [-0.4, -0.2) is 31.4 Å². The standard InChI is InChI=1S/C20H19N5O2S2/c1-4-9-25-18(16-10-14-7-5-6-8-15(14)27-16)23-24-20(25)28-11-17(26)22-19-21-12(2)13(3)29-19/h4-8,10H,1,9,11H2,2-3H3,(H,21,22,26). The number of thiazole rings is 1. The Morgan fingerprint density at radius 1 is 1.34 bits per heavy atom. The normalized spacial score (nSPS) is 11.1. The van der Waals surface area contributed by atoms with Crippen LogP contribution < -0.4 is 5.32 Å². The van der Waals surface area contributed by atoms with E-state index in [0.717, 1.165) is 21.5 Å². The summed E-state index contributed by atoms with van der Waals surface area (Å²) in [5.74, 6) is 1.30. The number of hydrogen-bond donors (Lipinski definition) is 1. The van der Waals surface area contributed by atoms with Gasteiger partial charge in [0.15, 0.2) is 16.0 Å². The monoisotopic (exact) mass is 425 g/mol. The first-order valence-corrected chi connectivity index (χ1v) is 10.7. The van der Waals surface area contributed by atoms with E-state index in [1.807, 2.05) is 48.7 Å². The zero-order chi connectivity index (χ0) is 20.4. The fourth-order valence-electron chi connectivity index (χ4n) is 2.78. The number of para-hydroxylation sites is 1. The van der Waals surface area contributed by atoms with Gasteiger partial charge in [-0.1, -0.05) is 36.0 Å². The Bertz CT molecular complexity index is 1140. The number of nitrogens with zero attached hydrogens (tertiary/aromatic N) is 4. The van der Waals surface area contributed by atoms with E-state index in [2.05, 4.69) is 27.1 Å². The Kier molecular flexibility index (Phi) is 5.50. The van der Waals surface area contributed by atoms with Crippen LogP contribution in [0.2, 0.25) is 0 Å². The number of rotatable bonds is 7. The van der Waals surface area contributed by atoms with Crippen molar-refractivity contribution in [1.82, 2.24) is 19.7 Å². The molecule has 0 aliphatic carbocycles. The topological polar surface area (TPSA) is 85.8 Å². The van der Waals surface area contributed by atoms with Gasteiger partial charge in [-0.05, 0) is 26.0 Å². The van der Waals surface area contributed by atoms with Crippen molar-refractivity contribution in [2.75, 3.05) is 11.1 Å². The molecule has 4 rings (SSSR count). The van der Waals surface area contributed by atoms with Gasteiger partial charge in [-0.3, -0.25) is 9.36 Å². The van der Waals surface area contributed by atoms with Crippen LogP contribution in [0.15, 0.2) is 52.6 Å². The predicted molar refractivity (Wildman–Crippen MR) is 116 cm³/mol. The average molecular weight is 426 g/mol. The minimum absolute atomic E-state index is 0.137. The van der Waals surface area contributed by atoms with Gasteiger partial charge in [0.25, 0.3) is 0 Å². The van der Waals surface area contributed by atoms with Crippen LogP contribution in [0.3, 0.4) is 0 Å². The summed E-state index contributed by atoms with van der Waals surface area (Å²) < 4.78 is 7.81. The number of anilines is 1. The van der Waals surface area contributed by atoms with E-state index in [9.17, 15) is 4.79 Å². The second-order valence-corrected chi connectivity index (χ2v) is 8.50. The maximum Gasteiger partial charge on any atom is 0.236 e. The molecule has 0 bridgehead atoms. The van der Waals surface area contributed by atoms with Crippen molar-refractivity contribution >= 4 is 45.1 Å². The molecule has 3 heterocycles. The van der Waals surface area contributed by atoms with Crippen molar-refractivity contribution in [3.63, 3.8) is 0 Å². The summed E-state index contributed by atoms with van der Waals surface area (Å²) in [5.41, 5.74) is 1.72. The van der Waals surface area contributed by atoms with Crippen LogP contribution in [0.25, 0.3) is 22.6 Å². The van der Waals surface area contributed by atoms with Gasteiger partial charge in [0.05, 0.1) is 11.4 Å². The van der Waals surface area contributed by atoms with Gasteiger partial charge in [-0.15, -0.1) is 28.1 Å². The van der Waals surface area contributed by atoms with E-state index in [0.29, 0.717) is 28.4 Å². The molecule has 3 aromatic heterocycles. The molecule has 0 atom stereocenters. The number of carbonyl (C=O) groups is 1. The van der Waals surface area contributed by atoms with E-state index in [4.69, 9.17) is 4.42 Å². The molecule has 0 saturated heterocycles. The summed E-state index contributed by atoms with van der Waals surface area (Å²) in [5, 5.41) is 13.6. The fourth-order valence-corrected chi connectivity index (χ4v) is 4.35. The Balaban J connectivity index is 1.51. The molecule has 1 amide bonds. The van der Waals surface area contributed by atoms with Gasteiger partial charge in [0.1, 0.15) is 5.58 Å². The van der Waals surface area contributed by atoms with Gasteiger partial charge in [0.2, 0.25) is 11.7 Å². The second-order valence-electron chi connectivity index (χ2n) is 6.35. The number of fused-ring (bicyclic) bond motifs is 1. The SMILES string of the molecule is C=CCn1c(SCC(=O)Nc2nc(C)c(C)s2)nnc1-c1cc2ccccc2o1. The smallest absolute Gasteiger partial charge is 0.236 e. The molecule has 0 unspecified atom stereocenters. The minimum Gasteiger partial charge on any atom is -0.453 e. The molecule has 0 radical (unpaired) electrons. The number of nitrogens with one attached hydrogen (secondary N) is 1. The van der Waals surface area contributed by atoms with Crippen LogP contribution in [0, 0.1) is 13.8 Å². The number of benzene rings is 1. The molecule has 4 aromatic rings. The molecule has 0 saturated carbocycles. The minimum atomic E-state index is -0.137. The predicted octanol–water partition coefficient (Wildman–Crippen LogP) is 4.68. The van der Waals surface area contributed by atoms with Gasteiger partial charge in [0, 0.05) is 16.8 Å². The maximum absolute atomic E-state index is 12.3. The Morgan fingerprint density at radius 3 is 2.90 bits per heavy atom. The summed E-state index contributed by atoms with van der Waals surface area (Å²) >= 11 is 2.78. The lowest BCUT2D eigenvalue weighted by molar-refractivity contribution is -0.113. The highest BCUT2D eigenvalue weighted by Gasteiger charge is 2.18. The van der Waals surface area contributed by atoms with Gasteiger partial charge >= 0.3 is 0 Å². The Morgan fingerprint density at radius 2 is 2.17 bits per heavy atom. The summed E-state index contributed by atoms with van der Waals surface area (Å²) in [6.07, 6.45) is 1.76. The van der Waals surface area contributed by atoms with Crippen molar-refractivity contribution in [2.24, 2.45) is 0 Å². The lowest BCUT2D eigenvalue weighted by Crippen LogP contribution is -2.14. The van der Waals surface area contributed by atoms with E-state index in [1.165, 1.54) is 23.1 Å². The number of furan rings is 1. The number of hydrogen-bond acceptors (Lipinski definition) is 7. The van der Waals surface area contributed by atoms with Crippen LogP contribution >= 0.6 is 23.1 Å². The van der Waals surface area contributed by atoms with Crippen molar-refractivity contribution in [3.05, 3.63) is 53.6 Å². The molecule has 9 heteroatoms. The number of aromatic nitrogens is 4. The number of aryl methyl sites for hydroxylation is 2. The highest BCUT2D eigenvalue weighted by atomic mass is 32.2. The molecule has 0 spiro atoms. The highest BCUT2D eigenvalue weighted by Crippen LogP contribution is 2.29. The first-order chi connectivity index (χ1) is 14.0. The first-order valence-electron chi connectivity index (χ1n) is 8.95. The van der Waals surface area contributed by atoms with E-state index in [-0.39, 0.29) is 11.7 Å². The zero-order valence-electron chi connectivity index (χ0n) is 16.0.